The number of rotatable bonds is 13. The molecule has 0 N–H and O–H groups in total. The molecule has 26 heavy (non-hydrogen) atoms. The van der Waals surface area contributed by atoms with Gasteiger partial charge in [0.2, 0.25) is 0 Å². The quantitative estimate of drug-likeness (QED) is 0.297. The summed E-state index contributed by atoms with van der Waals surface area (Å²) in [6.45, 7) is 17.3. The van der Waals surface area contributed by atoms with Crippen molar-refractivity contribution in [2.24, 2.45) is 10.8 Å². The van der Waals surface area contributed by atoms with Crippen molar-refractivity contribution in [2.75, 3.05) is 13.1 Å². The highest BCUT2D eigenvalue weighted by atomic mass is 15.2. The fourth-order valence-corrected chi connectivity index (χ4v) is 4.80. The summed E-state index contributed by atoms with van der Waals surface area (Å²) in [5.41, 5.74) is 0.937. The van der Waals surface area contributed by atoms with Crippen LogP contribution >= 0.6 is 0 Å². The summed E-state index contributed by atoms with van der Waals surface area (Å²) < 4.78 is 0. The Balaban J connectivity index is 2.36. The maximum Gasteiger partial charge on any atom is 0.0105 e. The van der Waals surface area contributed by atoms with Crippen molar-refractivity contribution in [3.05, 3.63) is 0 Å². The van der Waals surface area contributed by atoms with Gasteiger partial charge in [-0.1, -0.05) is 99.3 Å². The van der Waals surface area contributed by atoms with Crippen molar-refractivity contribution < 1.29 is 0 Å². The second kappa shape index (κ2) is 12.4. The maximum absolute atomic E-state index is 2.84. The number of nitrogens with zero attached hydrogens (tertiary/aromatic N) is 1. The van der Waals surface area contributed by atoms with Gasteiger partial charge in [0.15, 0.2) is 0 Å². The number of hydrogen-bond donors (Lipinski definition) is 0. The van der Waals surface area contributed by atoms with Gasteiger partial charge in [-0.3, -0.25) is 0 Å². The Hall–Kier alpha value is -0.0400. The molecule has 1 unspecified atom stereocenters. The van der Waals surface area contributed by atoms with E-state index in [0.29, 0.717) is 10.8 Å². The molecule has 0 spiro atoms. The second-order valence-corrected chi connectivity index (χ2v) is 11.1. The Morgan fingerprint density at radius 1 is 0.692 bits per heavy atom. The highest BCUT2D eigenvalue weighted by molar-refractivity contribution is 4.85. The van der Waals surface area contributed by atoms with E-state index in [1.807, 2.05) is 0 Å². The third-order valence-electron chi connectivity index (χ3n) is 6.25. The molecule has 0 radical (unpaired) electrons. The molecule has 0 bridgehead atoms. The summed E-state index contributed by atoms with van der Waals surface area (Å²) >= 11 is 0. The lowest BCUT2D eigenvalue weighted by Gasteiger charge is -2.41. The zero-order chi connectivity index (χ0) is 19.5. The van der Waals surface area contributed by atoms with Gasteiger partial charge in [0, 0.05) is 6.04 Å². The molecule has 156 valence electrons. The van der Waals surface area contributed by atoms with Crippen LogP contribution in [0.1, 0.15) is 131 Å². The van der Waals surface area contributed by atoms with E-state index >= 15 is 0 Å². The van der Waals surface area contributed by atoms with Crippen LogP contribution in [0, 0.1) is 10.8 Å². The Bertz CT molecular complexity index is 333. The van der Waals surface area contributed by atoms with E-state index in [1.54, 1.807) is 0 Å². The number of piperidine rings is 1. The molecule has 1 heterocycles. The van der Waals surface area contributed by atoms with Crippen LogP contribution in [-0.4, -0.2) is 24.0 Å². The zero-order valence-corrected chi connectivity index (χ0v) is 19.3. The standard InChI is InChI=1S/C25H51N/c1-7-8-9-10-11-12-13-15-18-25(5,6)22-23(21-24(2,3)4)26-19-16-14-17-20-26/h23H,7-22H2,1-6H3. The summed E-state index contributed by atoms with van der Waals surface area (Å²) in [4.78, 5) is 2.84. The Morgan fingerprint density at radius 2 is 1.23 bits per heavy atom. The maximum atomic E-state index is 2.84. The third-order valence-corrected chi connectivity index (χ3v) is 6.25. The Labute approximate surface area is 166 Å². The molecular weight excluding hydrogens is 314 g/mol. The Kier molecular flexibility index (Phi) is 11.5. The van der Waals surface area contributed by atoms with Crippen molar-refractivity contribution in [3.63, 3.8) is 0 Å². The molecule has 1 heteroatoms. The number of unbranched alkanes of at least 4 members (excludes halogenated alkanes) is 7. The van der Waals surface area contributed by atoms with Crippen LogP contribution in [0.25, 0.3) is 0 Å². The van der Waals surface area contributed by atoms with Crippen LogP contribution in [0.15, 0.2) is 0 Å². The molecule has 0 saturated carbocycles. The van der Waals surface area contributed by atoms with Crippen LogP contribution in [0.4, 0.5) is 0 Å². The summed E-state index contributed by atoms with van der Waals surface area (Å²) in [5.74, 6) is 0. The van der Waals surface area contributed by atoms with Gasteiger partial charge in [-0.2, -0.15) is 0 Å². The van der Waals surface area contributed by atoms with Gasteiger partial charge in [0.1, 0.15) is 0 Å². The molecule has 0 aromatic carbocycles. The highest BCUT2D eigenvalue weighted by Gasteiger charge is 2.30. The summed E-state index contributed by atoms with van der Waals surface area (Å²) in [5, 5.41) is 0. The van der Waals surface area contributed by atoms with Crippen molar-refractivity contribution in [3.8, 4) is 0 Å². The molecule has 1 nitrogen and oxygen atoms in total. The lowest BCUT2D eigenvalue weighted by Crippen LogP contribution is -2.43. The van der Waals surface area contributed by atoms with Crippen LogP contribution in [0.2, 0.25) is 0 Å². The highest BCUT2D eigenvalue weighted by Crippen LogP contribution is 2.36. The Morgan fingerprint density at radius 3 is 1.77 bits per heavy atom. The third kappa shape index (κ3) is 11.6. The van der Waals surface area contributed by atoms with Crippen LogP contribution in [-0.2, 0) is 0 Å². The number of hydrogen-bond acceptors (Lipinski definition) is 1. The first-order valence-corrected chi connectivity index (χ1v) is 12.0. The minimum atomic E-state index is 0.441. The predicted molar refractivity (Wildman–Crippen MR) is 119 cm³/mol. The largest absolute Gasteiger partial charge is 0.300 e. The minimum Gasteiger partial charge on any atom is -0.300 e. The van der Waals surface area contributed by atoms with E-state index in [2.05, 4.69) is 46.4 Å². The van der Waals surface area contributed by atoms with Gasteiger partial charge in [-0.05, 0) is 56.0 Å². The van der Waals surface area contributed by atoms with E-state index in [-0.39, 0.29) is 0 Å². The van der Waals surface area contributed by atoms with Crippen molar-refractivity contribution in [1.29, 1.82) is 0 Å². The average Bonchev–Trinajstić information content (AvgIpc) is 2.56. The van der Waals surface area contributed by atoms with Gasteiger partial charge in [0.25, 0.3) is 0 Å². The van der Waals surface area contributed by atoms with Crippen LogP contribution in [0.5, 0.6) is 0 Å². The van der Waals surface area contributed by atoms with E-state index in [0.717, 1.165) is 6.04 Å². The van der Waals surface area contributed by atoms with E-state index in [9.17, 15) is 0 Å². The second-order valence-electron chi connectivity index (χ2n) is 11.1. The molecule has 0 aromatic heterocycles. The zero-order valence-electron chi connectivity index (χ0n) is 19.3. The van der Waals surface area contributed by atoms with Crippen molar-refractivity contribution in [1.82, 2.24) is 4.90 Å². The molecule has 1 fully saturated rings. The first kappa shape index (κ1) is 24.0. The predicted octanol–water partition coefficient (Wildman–Crippen LogP) is 8.22. The smallest absolute Gasteiger partial charge is 0.0105 e. The molecule has 1 atom stereocenters. The van der Waals surface area contributed by atoms with E-state index in [1.165, 1.54) is 103 Å². The lowest BCUT2D eigenvalue weighted by molar-refractivity contribution is 0.0838. The molecule has 1 rings (SSSR count). The molecule has 0 aliphatic carbocycles. The first-order valence-electron chi connectivity index (χ1n) is 12.0. The van der Waals surface area contributed by atoms with Gasteiger partial charge in [-0.15, -0.1) is 0 Å². The summed E-state index contributed by atoms with van der Waals surface area (Å²) in [7, 11) is 0. The van der Waals surface area contributed by atoms with Crippen molar-refractivity contribution >= 4 is 0 Å². The van der Waals surface area contributed by atoms with Crippen LogP contribution < -0.4 is 0 Å². The molecule has 0 aromatic rings. The van der Waals surface area contributed by atoms with Gasteiger partial charge < -0.3 is 4.90 Å². The summed E-state index contributed by atoms with van der Waals surface area (Å²) in [6.07, 6.45) is 19.9. The van der Waals surface area contributed by atoms with Crippen molar-refractivity contribution in [2.45, 2.75) is 137 Å². The molecule has 1 saturated heterocycles. The lowest BCUT2D eigenvalue weighted by atomic mass is 9.76. The first-order chi connectivity index (χ1) is 12.2. The van der Waals surface area contributed by atoms with Crippen LogP contribution in [0.3, 0.4) is 0 Å². The fourth-order valence-electron chi connectivity index (χ4n) is 4.80. The monoisotopic (exact) mass is 365 g/mol. The number of likely N-dealkylation sites (tertiary alicyclic amines) is 1. The normalized spacial score (nSPS) is 18.2. The molecule has 1 aliphatic rings. The van der Waals surface area contributed by atoms with Gasteiger partial charge in [0.05, 0.1) is 0 Å². The van der Waals surface area contributed by atoms with Gasteiger partial charge >= 0.3 is 0 Å². The fraction of sp³-hybridized carbons (Fsp3) is 1.00. The van der Waals surface area contributed by atoms with E-state index < -0.39 is 0 Å². The minimum absolute atomic E-state index is 0.441. The molecular formula is C25H51N. The average molecular weight is 366 g/mol. The molecule has 0 amide bonds. The van der Waals surface area contributed by atoms with Gasteiger partial charge in [-0.25, -0.2) is 0 Å². The topological polar surface area (TPSA) is 3.24 Å². The van der Waals surface area contributed by atoms with E-state index in [4.69, 9.17) is 0 Å². The molecule has 1 aliphatic heterocycles. The SMILES string of the molecule is CCCCCCCCCCC(C)(C)CC(CC(C)(C)C)N1CCCCC1. The summed E-state index contributed by atoms with van der Waals surface area (Å²) in [6, 6.07) is 0.791.